The highest BCUT2D eigenvalue weighted by atomic mass is 16.7. The van der Waals surface area contributed by atoms with E-state index in [9.17, 15) is 24.9 Å². The number of rotatable bonds is 6. The Labute approximate surface area is 170 Å². The quantitative estimate of drug-likeness (QED) is 0.356. The van der Waals surface area contributed by atoms with Crippen LogP contribution in [0.5, 0.6) is 0 Å². The molecule has 0 aromatic heterocycles. The standard InChI is InChI=1S/C19H34N2O8/c1-6-12-18(17(26)14(9(3)27-12)20-10(4)23)29-19-15(21-11(5)24)16(25)8(2)13(7-22)28-19/h8-9,12-19,22,25-26H,6-7H2,1-5H3,(H,20,23)(H,21,24)/t8-,9?,12?,13+,14-,15?,16?,17-,18?,19?/m1/s1. The van der Waals surface area contributed by atoms with Gasteiger partial charge in [-0.25, -0.2) is 0 Å². The Balaban J connectivity index is 2.26. The van der Waals surface area contributed by atoms with E-state index in [-0.39, 0.29) is 18.4 Å². The molecular formula is C19H34N2O8. The number of ether oxygens (including phenoxy) is 3. The summed E-state index contributed by atoms with van der Waals surface area (Å²) in [5, 5.41) is 36.5. The predicted octanol–water partition coefficient (Wildman–Crippen LogP) is -1.35. The lowest BCUT2D eigenvalue weighted by Crippen LogP contribution is -2.67. The van der Waals surface area contributed by atoms with Gasteiger partial charge >= 0.3 is 0 Å². The van der Waals surface area contributed by atoms with Gasteiger partial charge in [0.1, 0.15) is 18.2 Å². The number of aliphatic hydroxyl groups is 3. The van der Waals surface area contributed by atoms with Crippen LogP contribution in [0.15, 0.2) is 0 Å². The molecule has 0 aromatic rings. The largest absolute Gasteiger partial charge is 0.394 e. The Hall–Kier alpha value is -1.30. The fraction of sp³-hybridized carbons (Fsp3) is 0.895. The SMILES string of the molecule is CCC1OC(C)[C@@H](NC(C)=O)[C@@H](O)C1OC1O[C@@H](CO)[C@@H](C)C(O)C1NC(C)=O. The number of aliphatic hydroxyl groups excluding tert-OH is 3. The van der Waals surface area contributed by atoms with E-state index in [1.54, 1.807) is 13.8 Å². The van der Waals surface area contributed by atoms with Crippen molar-refractivity contribution in [1.29, 1.82) is 0 Å². The Morgan fingerprint density at radius 1 is 0.966 bits per heavy atom. The van der Waals surface area contributed by atoms with Crippen molar-refractivity contribution < 1.29 is 39.1 Å². The number of hydrogen-bond acceptors (Lipinski definition) is 8. The summed E-state index contributed by atoms with van der Waals surface area (Å²) < 4.78 is 17.8. The van der Waals surface area contributed by atoms with Crippen molar-refractivity contribution in [2.75, 3.05) is 6.61 Å². The molecule has 0 spiro atoms. The zero-order valence-corrected chi connectivity index (χ0v) is 17.6. The third-order valence-corrected chi connectivity index (χ3v) is 5.67. The van der Waals surface area contributed by atoms with E-state index < -0.39 is 60.9 Å². The molecule has 10 atom stereocenters. The lowest BCUT2D eigenvalue weighted by atomic mass is 9.88. The zero-order valence-electron chi connectivity index (χ0n) is 17.6. The van der Waals surface area contributed by atoms with Gasteiger partial charge in [-0.3, -0.25) is 9.59 Å². The Bertz CT molecular complexity index is 576. The van der Waals surface area contributed by atoms with E-state index in [4.69, 9.17) is 14.2 Å². The van der Waals surface area contributed by atoms with E-state index >= 15 is 0 Å². The highest BCUT2D eigenvalue weighted by Crippen LogP contribution is 2.31. The number of hydrogen-bond donors (Lipinski definition) is 5. The summed E-state index contributed by atoms with van der Waals surface area (Å²) in [6.45, 7) is 7.67. The molecule has 29 heavy (non-hydrogen) atoms. The van der Waals surface area contributed by atoms with Crippen molar-refractivity contribution in [2.45, 2.75) is 96.0 Å². The summed E-state index contributed by atoms with van der Waals surface area (Å²) in [5.41, 5.74) is 0. The molecule has 2 saturated heterocycles. The van der Waals surface area contributed by atoms with Crippen LogP contribution in [0.3, 0.4) is 0 Å². The van der Waals surface area contributed by atoms with Crippen LogP contribution in [-0.2, 0) is 23.8 Å². The summed E-state index contributed by atoms with van der Waals surface area (Å²) in [6, 6.07) is -1.59. The van der Waals surface area contributed by atoms with Crippen LogP contribution < -0.4 is 10.6 Å². The first-order valence-electron chi connectivity index (χ1n) is 10.1. The summed E-state index contributed by atoms with van der Waals surface area (Å²) in [7, 11) is 0. The molecule has 2 heterocycles. The number of amides is 2. The minimum atomic E-state index is -1.12. The van der Waals surface area contributed by atoms with E-state index in [0.29, 0.717) is 6.42 Å². The second-order valence-electron chi connectivity index (χ2n) is 7.91. The first kappa shape index (κ1) is 24.0. The predicted molar refractivity (Wildman–Crippen MR) is 102 cm³/mol. The van der Waals surface area contributed by atoms with Gasteiger partial charge in [-0.1, -0.05) is 13.8 Å². The Morgan fingerprint density at radius 2 is 1.55 bits per heavy atom. The first-order valence-corrected chi connectivity index (χ1v) is 10.1. The topological polar surface area (TPSA) is 147 Å². The lowest BCUT2D eigenvalue weighted by molar-refractivity contribution is -0.304. The summed E-state index contributed by atoms with van der Waals surface area (Å²) >= 11 is 0. The van der Waals surface area contributed by atoms with Crippen molar-refractivity contribution in [3.05, 3.63) is 0 Å². The maximum atomic E-state index is 11.6. The lowest BCUT2D eigenvalue weighted by Gasteiger charge is -2.48. The Morgan fingerprint density at radius 3 is 2.07 bits per heavy atom. The third kappa shape index (κ3) is 5.44. The van der Waals surface area contributed by atoms with Gasteiger partial charge in [0.15, 0.2) is 6.29 Å². The number of carbonyl (C=O) groups excluding carboxylic acids is 2. The molecule has 10 heteroatoms. The first-order chi connectivity index (χ1) is 13.6. The van der Waals surface area contributed by atoms with Crippen molar-refractivity contribution >= 4 is 11.8 Å². The van der Waals surface area contributed by atoms with Gasteiger partial charge in [-0.15, -0.1) is 0 Å². The van der Waals surface area contributed by atoms with Crippen LogP contribution in [0.2, 0.25) is 0 Å². The van der Waals surface area contributed by atoms with Gasteiger partial charge in [0.05, 0.1) is 37.1 Å². The van der Waals surface area contributed by atoms with Crippen molar-refractivity contribution in [3.8, 4) is 0 Å². The maximum Gasteiger partial charge on any atom is 0.217 e. The monoisotopic (exact) mass is 418 g/mol. The molecule has 0 aromatic carbocycles. The molecule has 2 fully saturated rings. The van der Waals surface area contributed by atoms with Gasteiger partial charge in [-0.05, 0) is 13.3 Å². The highest BCUT2D eigenvalue weighted by molar-refractivity contribution is 5.73. The summed E-state index contributed by atoms with van der Waals surface area (Å²) in [5.74, 6) is -1.13. The van der Waals surface area contributed by atoms with Crippen LogP contribution >= 0.6 is 0 Å². The highest BCUT2D eigenvalue weighted by Gasteiger charge is 2.49. The van der Waals surface area contributed by atoms with Crippen molar-refractivity contribution in [1.82, 2.24) is 10.6 Å². The van der Waals surface area contributed by atoms with Gasteiger partial charge < -0.3 is 40.2 Å². The van der Waals surface area contributed by atoms with E-state index in [0.717, 1.165) is 0 Å². The molecule has 2 amide bonds. The second-order valence-corrected chi connectivity index (χ2v) is 7.91. The molecule has 0 saturated carbocycles. The molecule has 0 radical (unpaired) electrons. The van der Waals surface area contributed by atoms with Gasteiger partial charge in [-0.2, -0.15) is 0 Å². The fourth-order valence-electron chi connectivity index (χ4n) is 4.03. The van der Waals surface area contributed by atoms with Gasteiger partial charge in [0, 0.05) is 19.8 Å². The minimum absolute atomic E-state index is 0.312. The van der Waals surface area contributed by atoms with Crippen molar-refractivity contribution in [3.63, 3.8) is 0 Å². The molecule has 0 aliphatic carbocycles. The zero-order chi connectivity index (χ0) is 21.9. The number of nitrogens with one attached hydrogen (secondary N) is 2. The molecule has 168 valence electrons. The molecule has 6 unspecified atom stereocenters. The molecule has 5 N–H and O–H groups in total. The van der Waals surface area contributed by atoms with Gasteiger partial charge in [0.2, 0.25) is 11.8 Å². The van der Waals surface area contributed by atoms with Crippen LogP contribution in [0, 0.1) is 5.92 Å². The Kier molecular flexibility index (Phi) is 8.38. The van der Waals surface area contributed by atoms with Gasteiger partial charge in [0.25, 0.3) is 0 Å². The molecule has 2 aliphatic heterocycles. The molecule has 2 rings (SSSR count). The summed E-state index contributed by atoms with van der Waals surface area (Å²) in [4.78, 5) is 23.2. The van der Waals surface area contributed by atoms with E-state index in [2.05, 4.69) is 10.6 Å². The van der Waals surface area contributed by atoms with E-state index in [1.807, 2.05) is 6.92 Å². The van der Waals surface area contributed by atoms with Crippen LogP contribution in [0.4, 0.5) is 0 Å². The molecular weight excluding hydrogens is 384 g/mol. The maximum absolute atomic E-state index is 11.6. The smallest absolute Gasteiger partial charge is 0.217 e. The average molecular weight is 418 g/mol. The normalized spacial score (nSPS) is 42.9. The third-order valence-electron chi connectivity index (χ3n) is 5.67. The van der Waals surface area contributed by atoms with Crippen molar-refractivity contribution in [2.24, 2.45) is 5.92 Å². The second kappa shape index (κ2) is 10.1. The molecule has 2 aliphatic rings. The number of carbonyl (C=O) groups is 2. The fourth-order valence-corrected chi connectivity index (χ4v) is 4.03. The van der Waals surface area contributed by atoms with Crippen LogP contribution in [-0.4, -0.2) is 88.7 Å². The average Bonchev–Trinajstić information content (AvgIpc) is 2.65. The molecule has 10 nitrogen and oxygen atoms in total. The van der Waals surface area contributed by atoms with E-state index in [1.165, 1.54) is 13.8 Å². The van der Waals surface area contributed by atoms with Crippen LogP contribution in [0.1, 0.15) is 41.0 Å². The summed E-state index contributed by atoms with van der Waals surface area (Å²) in [6.07, 6.45) is -5.23. The minimum Gasteiger partial charge on any atom is -0.394 e. The molecule has 0 bridgehead atoms. The van der Waals surface area contributed by atoms with Crippen LogP contribution in [0.25, 0.3) is 0 Å².